The summed E-state index contributed by atoms with van der Waals surface area (Å²) in [6.07, 6.45) is 0.732. The van der Waals surface area contributed by atoms with Gasteiger partial charge in [0.25, 0.3) is 0 Å². The van der Waals surface area contributed by atoms with E-state index in [1.54, 1.807) is 12.1 Å². The predicted octanol–water partition coefficient (Wildman–Crippen LogP) is 3.74. The fourth-order valence-electron chi connectivity index (χ4n) is 3.71. The van der Waals surface area contributed by atoms with Gasteiger partial charge in [0.2, 0.25) is 10.0 Å². The number of hydrogen-bond acceptors (Lipinski definition) is 6. The van der Waals surface area contributed by atoms with Crippen LogP contribution in [-0.4, -0.2) is 44.9 Å². The Hall–Kier alpha value is -2.71. The zero-order valence-electron chi connectivity index (χ0n) is 18.6. The maximum absolute atomic E-state index is 13.1. The predicted molar refractivity (Wildman–Crippen MR) is 120 cm³/mol. The highest BCUT2D eigenvalue weighted by atomic mass is 32.2. The van der Waals surface area contributed by atoms with Crippen molar-refractivity contribution in [1.29, 1.82) is 0 Å². The Balaban J connectivity index is 1.58. The average Bonchev–Trinajstić information content (AvgIpc) is 2.82. The van der Waals surface area contributed by atoms with Crippen LogP contribution in [0.4, 0.5) is 0 Å². The molecule has 1 aliphatic heterocycles. The van der Waals surface area contributed by atoms with Gasteiger partial charge in [-0.3, -0.25) is 4.79 Å². The Labute approximate surface area is 189 Å². The minimum Gasteiger partial charge on any atom is -0.465 e. The Bertz CT molecular complexity index is 1050. The maximum Gasteiger partial charge on any atom is 0.339 e. The lowest BCUT2D eigenvalue weighted by atomic mass is 9.98. The summed E-state index contributed by atoms with van der Waals surface area (Å²) in [5.41, 5.74) is 2.14. The molecule has 0 saturated carbocycles. The number of sulfonamides is 1. The van der Waals surface area contributed by atoms with E-state index in [1.165, 1.54) is 29.1 Å². The van der Waals surface area contributed by atoms with E-state index < -0.39 is 16.0 Å². The lowest BCUT2D eigenvalue weighted by molar-refractivity contribution is -0.151. The number of rotatable bonds is 7. The van der Waals surface area contributed by atoms with Crippen LogP contribution >= 0.6 is 0 Å². The van der Waals surface area contributed by atoms with Crippen molar-refractivity contribution in [2.45, 2.75) is 44.1 Å². The number of ether oxygens (including phenoxy) is 2. The number of hydrogen-bond donors (Lipinski definition) is 0. The van der Waals surface area contributed by atoms with Crippen molar-refractivity contribution in [3.63, 3.8) is 0 Å². The molecule has 8 heteroatoms. The Morgan fingerprint density at radius 1 is 1.03 bits per heavy atom. The molecule has 0 aromatic heterocycles. The molecule has 0 bridgehead atoms. The largest absolute Gasteiger partial charge is 0.465 e. The maximum atomic E-state index is 13.1. The van der Waals surface area contributed by atoms with Crippen molar-refractivity contribution < 1.29 is 27.5 Å². The molecule has 1 fully saturated rings. The van der Waals surface area contributed by atoms with E-state index in [4.69, 9.17) is 9.47 Å². The average molecular weight is 460 g/mol. The standard InChI is InChI=1S/C24H29NO6S/c1-17(2)19-10-8-18(9-11-19)16-31-23(26)20-12-14-25(15-13-20)32(28,29)22-7-5-4-6-21(22)24(27)30-3/h4-11,17,20H,12-16H2,1-3H3. The van der Waals surface area contributed by atoms with Gasteiger partial charge in [-0.1, -0.05) is 50.2 Å². The van der Waals surface area contributed by atoms with Crippen molar-refractivity contribution in [1.82, 2.24) is 4.31 Å². The third-order valence-electron chi connectivity index (χ3n) is 5.72. The molecule has 172 valence electrons. The molecule has 0 spiro atoms. The van der Waals surface area contributed by atoms with Gasteiger partial charge in [0, 0.05) is 13.1 Å². The molecule has 0 aliphatic carbocycles. The number of nitrogens with zero attached hydrogens (tertiary/aromatic N) is 1. The van der Waals surface area contributed by atoms with Crippen LogP contribution in [0.25, 0.3) is 0 Å². The SMILES string of the molecule is COC(=O)c1ccccc1S(=O)(=O)N1CCC(C(=O)OCc2ccc(C(C)C)cc2)CC1. The smallest absolute Gasteiger partial charge is 0.339 e. The van der Waals surface area contributed by atoms with Crippen molar-refractivity contribution >= 4 is 22.0 Å². The first-order valence-electron chi connectivity index (χ1n) is 10.7. The zero-order valence-corrected chi connectivity index (χ0v) is 19.4. The highest BCUT2D eigenvalue weighted by Crippen LogP contribution is 2.27. The Morgan fingerprint density at radius 2 is 1.66 bits per heavy atom. The van der Waals surface area contributed by atoms with Gasteiger partial charge in [-0.05, 0) is 42.0 Å². The van der Waals surface area contributed by atoms with Crippen molar-refractivity contribution in [3.05, 3.63) is 65.2 Å². The van der Waals surface area contributed by atoms with E-state index in [0.29, 0.717) is 18.8 Å². The molecule has 32 heavy (non-hydrogen) atoms. The summed E-state index contributed by atoms with van der Waals surface area (Å²) in [6, 6.07) is 13.9. The molecular weight excluding hydrogens is 430 g/mol. The Morgan fingerprint density at radius 3 is 2.25 bits per heavy atom. The van der Waals surface area contributed by atoms with Gasteiger partial charge in [0.1, 0.15) is 6.61 Å². The van der Waals surface area contributed by atoms with Crippen LogP contribution in [0.1, 0.15) is 54.1 Å². The minimum absolute atomic E-state index is 0.0000172. The number of piperidine rings is 1. The lowest BCUT2D eigenvalue weighted by Gasteiger charge is -2.30. The van der Waals surface area contributed by atoms with Gasteiger partial charge in [-0.2, -0.15) is 4.31 Å². The van der Waals surface area contributed by atoms with Crippen molar-refractivity contribution in [2.24, 2.45) is 5.92 Å². The fourth-order valence-corrected chi connectivity index (χ4v) is 5.36. The second-order valence-corrected chi connectivity index (χ2v) is 10.1. The second-order valence-electron chi connectivity index (χ2n) is 8.17. The van der Waals surface area contributed by atoms with Crippen molar-refractivity contribution in [3.8, 4) is 0 Å². The molecule has 3 rings (SSSR count). The lowest BCUT2D eigenvalue weighted by Crippen LogP contribution is -2.41. The van der Waals surface area contributed by atoms with Crippen molar-refractivity contribution in [2.75, 3.05) is 20.2 Å². The number of methoxy groups -OCH3 is 1. The van der Waals surface area contributed by atoms with E-state index in [0.717, 1.165) is 5.56 Å². The molecular formula is C24H29NO6S. The highest BCUT2D eigenvalue weighted by molar-refractivity contribution is 7.89. The summed E-state index contributed by atoms with van der Waals surface area (Å²) in [4.78, 5) is 24.4. The van der Waals surface area contributed by atoms with E-state index in [-0.39, 0.29) is 42.0 Å². The van der Waals surface area contributed by atoms with E-state index in [9.17, 15) is 18.0 Å². The first kappa shape index (κ1) is 23.9. The quantitative estimate of drug-likeness (QED) is 0.586. The Kier molecular flexibility index (Phi) is 7.69. The number of carbonyl (C=O) groups is 2. The summed E-state index contributed by atoms with van der Waals surface area (Å²) >= 11 is 0. The van der Waals surface area contributed by atoms with E-state index >= 15 is 0 Å². The van der Waals surface area contributed by atoms with E-state index in [1.807, 2.05) is 24.3 Å². The number of carbonyl (C=O) groups excluding carboxylic acids is 2. The third-order valence-corrected chi connectivity index (χ3v) is 7.68. The molecule has 2 aromatic rings. The minimum atomic E-state index is -3.88. The molecule has 0 radical (unpaired) electrons. The summed E-state index contributed by atoms with van der Waals surface area (Å²) in [5, 5.41) is 0. The monoisotopic (exact) mass is 459 g/mol. The summed E-state index contributed by atoms with van der Waals surface area (Å²) in [6.45, 7) is 4.80. The van der Waals surface area contributed by atoms with Gasteiger partial charge in [-0.15, -0.1) is 0 Å². The molecule has 1 saturated heterocycles. The van der Waals surface area contributed by atoms with Gasteiger partial charge in [0.15, 0.2) is 0 Å². The highest BCUT2D eigenvalue weighted by Gasteiger charge is 2.34. The molecule has 7 nitrogen and oxygen atoms in total. The van der Waals surface area contributed by atoms with Crippen LogP contribution in [0.5, 0.6) is 0 Å². The van der Waals surface area contributed by atoms with E-state index in [2.05, 4.69) is 13.8 Å². The summed E-state index contributed by atoms with van der Waals surface area (Å²) in [7, 11) is -2.67. The van der Waals surface area contributed by atoms with Gasteiger partial charge < -0.3 is 9.47 Å². The number of benzene rings is 2. The van der Waals surface area contributed by atoms with Crippen LogP contribution in [0, 0.1) is 5.92 Å². The molecule has 1 aliphatic rings. The van der Waals surface area contributed by atoms with Crippen LogP contribution in [0.2, 0.25) is 0 Å². The van der Waals surface area contributed by atoms with Gasteiger partial charge >= 0.3 is 11.9 Å². The first-order chi connectivity index (χ1) is 15.2. The number of esters is 2. The molecule has 0 atom stereocenters. The summed E-state index contributed by atoms with van der Waals surface area (Å²) < 4.78 is 37.7. The first-order valence-corrected chi connectivity index (χ1v) is 12.1. The molecule has 0 unspecified atom stereocenters. The molecule has 0 amide bonds. The van der Waals surface area contributed by atoms with Crippen LogP contribution in [0.15, 0.2) is 53.4 Å². The third kappa shape index (κ3) is 5.37. The normalized spacial score (nSPS) is 15.5. The molecule has 2 aromatic carbocycles. The van der Waals surface area contributed by atoms with Gasteiger partial charge in [-0.25, -0.2) is 13.2 Å². The van der Waals surface area contributed by atoms with Crippen LogP contribution in [-0.2, 0) is 30.9 Å². The van der Waals surface area contributed by atoms with Gasteiger partial charge in [0.05, 0.1) is 23.5 Å². The molecule has 0 N–H and O–H groups in total. The van der Waals surface area contributed by atoms with Crippen LogP contribution < -0.4 is 0 Å². The second kappa shape index (κ2) is 10.3. The fraction of sp³-hybridized carbons (Fsp3) is 0.417. The van der Waals surface area contributed by atoms with Crippen LogP contribution in [0.3, 0.4) is 0 Å². The summed E-state index contributed by atoms with van der Waals surface area (Å²) in [5.74, 6) is -0.936. The topological polar surface area (TPSA) is 90.0 Å². The zero-order chi connectivity index (χ0) is 23.3. The molecule has 1 heterocycles.